The first-order valence-electron chi connectivity index (χ1n) is 10.5. The number of nitrogens with one attached hydrogen (secondary N) is 1. The van der Waals surface area contributed by atoms with Crippen LogP contribution in [-0.2, 0) is 22.6 Å². The van der Waals surface area contributed by atoms with Crippen LogP contribution in [0.15, 0.2) is 42.5 Å². The molecule has 0 unspecified atom stereocenters. The minimum atomic E-state index is -0.472. The number of carbonyl (C=O) groups excluding carboxylic acids is 2. The van der Waals surface area contributed by atoms with Crippen molar-refractivity contribution in [2.75, 3.05) is 6.54 Å². The van der Waals surface area contributed by atoms with Gasteiger partial charge in [0.15, 0.2) is 0 Å². The molecule has 0 saturated carbocycles. The molecule has 2 aromatic carbocycles. The summed E-state index contributed by atoms with van der Waals surface area (Å²) >= 11 is 0. The Labute approximate surface area is 175 Å². The van der Waals surface area contributed by atoms with Gasteiger partial charge < -0.3 is 10.2 Å². The highest BCUT2D eigenvalue weighted by molar-refractivity contribution is 5.88. The van der Waals surface area contributed by atoms with Gasteiger partial charge in [-0.25, -0.2) is 0 Å². The molecule has 156 valence electrons. The summed E-state index contributed by atoms with van der Waals surface area (Å²) in [6.45, 7) is 11.2. The van der Waals surface area contributed by atoms with Gasteiger partial charge in [0.1, 0.15) is 6.04 Å². The Bertz CT molecular complexity index is 824. The zero-order valence-electron chi connectivity index (χ0n) is 18.4. The fourth-order valence-corrected chi connectivity index (χ4v) is 3.74. The minimum absolute atomic E-state index is 0.0185. The van der Waals surface area contributed by atoms with Crippen LogP contribution in [0.1, 0.15) is 54.5 Å². The third-order valence-electron chi connectivity index (χ3n) is 5.01. The molecule has 29 heavy (non-hydrogen) atoms. The van der Waals surface area contributed by atoms with E-state index < -0.39 is 6.04 Å². The van der Waals surface area contributed by atoms with Gasteiger partial charge in [-0.3, -0.25) is 9.59 Å². The highest BCUT2D eigenvalue weighted by Gasteiger charge is 2.28. The molecule has 1 atom stereocenters. The lowest BCUT2D eigenvalue weighted by Gasteiger charge is -2.31. The molecule has 0 spiro atoms. The van der Waals surface area contributed by atoms with Gasteiger partial charge in [0, 0.05) is 13.1 Å². The van der Waals surface area contributed by atoms with Crippen LogP contribution in [0, 0.1) is 20.8 Å². The lowest BCUT2D eigenvalue weighted by molar-refractivity contribution is -0.140. The molecule has 0 saturated heterocycles. The number of benzene rings is 2. The van der Waals surface area contributed by atoms with Crippen molar-refractivity contribution in [2.45, 2.75) is 66.5 Å². The average Bonchev–Trinajstić information content (AvgIpc) is 2.65. The van der Waals surface area contributed by atoms with Gasteiger partial charge in [-0.2, -0.15) is 0 Å². The van der Waals surface area contributed by atoms with Gasteiger partial charge in [-0.15, -0.1) is 0 Å². The monoisotopic (exact) mass is 394 g/mol. The fraction of sp³-hybridized carbons (Fsp3) is 0.440. The maximum Gasteiger partial charge on any atom is 0.242 e. The molecule has 0 fully saturated rings. The van der Waals surface area contributed by atoms with Crippen molar-refractivity contribution in [3.8, 4) is 0 Å². The first kappa shape index (κ1) is 22.7. The van der Waals surface area contributed by atoms with E-state index in [0.29, 0.717) is 25.9 Å². The number of amides is 2. The van der Waals surface area contributed by atoms with Crippen molar-refractivity contribution >= 4 is 11.8 Å². The van der Waals surface area contributed by atoms with Gasteiger partial charge >= 0.3 is 0 Å². The summed E-state index contributed by atoms with van der Waals surface area (Å²) in [5, 5.41) is 2.97. The van der Waals surface area contributed by atoms with Crippen LogP contribution in [-0.4, -0.2) is 29.3 Å². The SMILES string of the molecule is CCCNC(=O)[C@@H](CC)N(Cc1cccc(C)c1)C(=O)Cc1cc(C)cc(C)c1. The predicted octanol–water partition coefficient (Wildman–Crippen LogP) is 4.49. The number of aryl methyl sites for hydroxylation is 3. The number of carbonyl (C=O) groups is 2. The van der Waals surface area contributed by atoms with E-state index in [1.54, 1.807) is 4.90 Å². The minimum Gasteiger partial charge on any atom is -0.354 e. The number of rotatable bonds is 9. The highest BCUT2D eigenvalue weighted by atomic mass is 16.2. The molecule has 2 rings (SSSR count). The van der Waals surface area contributed by atoms with Gasteiger partial charge in [-0.1, -0.05) is 73.0 Å². The van der Waals surface area contributed by atoms with Crippen molar-refractivity contribution in [1.29, 1.82) is 0 Å². The molecule has 0 aliphatic heterocycles. The molecular weight excluding hydrogens is 360 g/mol. The Kier molecular flexibility index (Phi) is 8.44. The van der Waals surface area contributed by atoms with Gasteiger partial charge in [0.05, 0.1) is 6.42 Å². The van der Waals surface area contributed by atoms with E-state index in [4.69, 9.17) is 0 Å². The van der Waals surface area contributed by atoms with Crippen molar-refractivity contribution in [1.82, 2.24) is 10.2 Å². The highest BCUT2D eigenvalue weighted by Crippen LogP contribution is 2.17. The summed E-state index contributed by atoms with van der Waals surface area (Å²) in [4.78, 5) is 27.9. The normalized spacial score (nSPS) is 11.8. The Morgan fingerprint density at radius 2 is 1.59 bits per heavy atom. The average molecular weight is 395 g/mol. The summed E-state index contributed by atoms with van der Waals surface area (Å²) in [5.74, 6) is -0.0919. The van der Waals surface area contributed by atoms with E-state index in [0.717, 1.165) is 34.2 Å². The van der Waals surface area contributed by atoms with Crippen LogP contribution in [0.2, 0.25) is 0 Å². The van der Waals surface area contributed by atoms with E-state index in [-0.39, 0.29) is 11.8 Å². The quantitative estimate of drug-likeness (QED) is 0.681. The number of hydrogen-bond acceptors (Lipinski definition) is 2. The first-order valence-corrected chi connectivity index (χ1v) is 10.5. The van der Waals surface area contributed by atoms with Crippen LogP contribution in [0.25, 0.3) is 0 Å². The molecule has 0 aliphatic rings. The molecule has 1 N–H and O–H groups in total. The van der Waals surface area contributed by atoms with E-state index in [2.05, 4.69) is 17.4 Å². The van der Waals surface area contributed by atoms with Crippen LogP contribution in [0.3, 0.4) is 0 Å². The van der Waals surface area contributed by atoms with Crippen molar-refractivity contribution in [2.24, 2.45) is 0 Å². The molecule has 0 aliphatic carbocycles. The number of nitrogens with zero attached hydrogens (tertiary/aromatic N) is 1. The summed E-state index contributed by atoms with van der Waals surface area (Å²) in [6.07, 6.45) is 1.75. The molecule has 0 heterocycles. The molecule has 0 aromatic heterocycles. The lowest BCUT2D eigenvalue weighted by Crippen LogP contribution is -2.49. The Hall–Kier alpha value is -2.62. The maximum atomic E-state index is 13.3. The Morgan fingerprint density at radius 1 is 0.931 bits per heavy atom. The summed E-state index contributed by atoms with van der Waals surface area (Å²) in [5.41, 5.74) is 5.47. The zero-order chi connectivity index (χ0) is 21.4. The van der Waals surface area contributed by atoms with Crippen molar-refractivity contribution in [3.63, 3.8) is 0 Å². The largest absolute Gasteiger partial charge is 0.354 e. The Balaban J connectivity index is 2.30. The molecular formula is C25H34N2O2. The molecule has 2 amide bonds. The fourth-order valence-electron chi connectivity index (χ4n) is 3.74. The maximum absolute atomic E-state index is 13.3. The van der Waals surface area contributed by atoms with Gasteiger partial charge in [-0.05, 0) is 44.7 Å². The van der Waals surface area contributed by atoms with Crippen LogP contribution >= 0.6 is 0 Å². The summed E-state index contributed by atoms with van der Waals surface area (Å²) < 4.78 is 0. The molecule has 4 heteroatoms. The second-order valence-electron chi connectivity index (χ2n) is 7.90. The van der Waals surface area contributed by atoms with E-state index in [1.807, 2.05) is 65.0 Å². The molecule has 0 bridgehead atoms. The summed E-state index contributed by atoms with van der Waals surface area (Å²) in [6, 6.07) is 13.9. The smallest absolute Gasteiger partial charge is 0.242 e. The Morgan fingerprint density at radius 3 is 2.17 bits per heavy atom. The predicted molar refractivity (Wildman–Crippen MR) is 119 cm³/mol. The third kappa shape index (κ3) is 6.74. The third-order valence-corrected chi connectivity index (χ3v) is 5.01. The first-order chi connectivity index (χ1) is 13.8. The van der Waals surface area contributed by atoms with Crippen LogP contribution in [0.4, 0.5) is 0 Å². The van der Waals surface area contributed by atoms with Crippen LogP contribution in [0.5, 0.6) is 0 Å². The zero-order valence-corrected chi connectivity index (χ0v) is 18.4. The molecule has 2 aromatic rings. The lowest BCUT2D eigenvalue weighted by atomic mass is 10.0. The number of hydrogen-bond donors (Lipinski definition) is 1. The molecule has 0 radical (unpaired) electrons. The van der Waals surface area contributed by atoms with Crippen molar-refractivity contribution < 1.29 is 9.59 Å². The summed E-state index contributed by atoms with van der Waals surface area (Å²) in [7, 11) is 0. The van der Waals surface area contributed by atoms with Crippen molar-refractivity contribution in [3.05, 3.63) is 70.3 Å². The van der Waals surface area contributed by atoms with Gasteiger partial charge in [0.25, 0.3) is 0 Å². The second kappa shape index (κ2) is 10.8. The standard InChI is InChI=1S/C25H34N2O2/c1-6-11-26-25(29)23(7-2)27(17-21-10-8-9-18(3)13-21)24(28)16-22-14-19(4)12-20(5)15-22/h8-10,12-15,23H,6-7,11,16-17H2,1-5H3,(H,26,29)/t23-/m1/s1. The van der Waals surface area contributed by atoms with E-state index in [9.17, 15) is 9.59 Å². The van der Waals surface area contributed by atoms with E-state index >= 15 is 0 Å². The second-order valence-corrected chi connectivity index (χ2v) is 7.90. The topological polar surface area (TPSA) is 49.4 Å². The molecule has 4 nitrogen and oxygen atoms in total. The van der Waals surface area contributed by atoms with Gasteiger partial charge in [0.2, 0.25) is 11.8 Å². The van der Waals surface area contributed by atoms with Crippen LogP contribution < -0.4 is 5.32 Å². The van der Waals surface area contributed by atoms with E-state index in [1.165, 1.54) is 0 Å².